The molecule has 5 nitrogen and oxygen atoms in total. The van der Waals surface area contributed by atoms with Crippen molar-refractivity contribution >= 4 is 5.91 Å². The summed E-state index contributed by atoms with van der Waals surface area (Å²) in [6.07, 6.45) is 0.984. The van der Waals surface area contributed by atoms with Gasteiger partial charge in [0, 0.05) is 30.3 Å². The summed E-state index contributed by atoms with van der Waals surface area (Å²) in [7, 11) is 1.58. The number of carbonyl (C=O) groups excluding carboxylic acids is 1. The molecule has 1 aromatic heterocycles. The number of aliphatic hydroxyl groups excluding tert-OH is 1. The highest BCUT2D eigenvalue weighted by molar-refractivity contribution is 5.81. The van der Waals surface area contributed by atoms with E-state index in [9.17, 15) is 18.7 Å². The van der Waals surface area contributed by atoms with E-state index >= 15 is 0 Å². The number of carbonyl (C=O) groups is 1. The zero-order valence-electron chi connectivity index (χ0n) is 16.0. The van der Waals surface area contributed by atoms with Crippen LogP contribution in [0.25, 0.3) is 11.3 Å². The lowest BCUT2D eigenvalue weighted by atomic mass is 9.85. The lowest BCUT2D eigenvalue weighted by molar-refractivity contribution is -0.127. The Bertz CT molecular complexity index is 871. The predicted molar refractivity (Wildman–Crippen MR) is 98.2 cm³/mol. The van der Waals surface area contributed by atoms with Crippen LogP contribution < -0.4 is 5.32 Å². The minimum atomic E-state index is -0.953. The number of likely N-dealkylation sites (N-methyl/N-ethyl adjacent to an activating group) is 1. The maximum absolute atomic E-state index is 13.8. The van der Waals surface area contributed by atoms with Crippen molar-refractivity contribution in [2.24, 2.45) is 5.41 Å². The van der Waals surface area contributed by atoms with Crippen molar-refractivity contribution in [3.63, 3.8) is 0 Å². The summed E-state index contributed by atoms with van der Waals surface area (Å²) in [5.41, 5.74) is 2.16. The predicted octanol–water partition coefficient (Wildman–Crippen LogP) is 3.01. The molecule has 2 N–H and O–H groups in total. The SMILES string of the molecule is CNC(=O)C(n1nc(-c2ccc(F)c(F)c2)c2c1CC[C@H](O)C2)C(C)(C)C. The first-order valence-corrected chi connectivity index (χ1v) is 9.08. The minimum absolute atomic E-state index is 0.171. The van der Waals surface area contributed by atoms with E-state index in [1.165, 1.54) is 6.07 Å². The number of fused-ring (bicyclic) bond motifs is 1. The summed E-state index contributed by atoms with van der Waals surface area (Å²) in [6, 6.07) is 3.08. The lowest BCUT2D eigenvalue weighted by Gasteiger charge is -2.31. The number of rotatable bonds is 3. The van der Waals surface area contributed by atoms with E-state index in [-0.39, 0.29) is 5.91 Å². The van der Waals surface area contributed by atoms with Crippen molar-refractivity contribution in [1.29, 1.82) is 0 Å². The monoisotopic (exact) mass is 377 g/mol. The molecule has 0 aliphatic heterocycles. The molecule has 7 heteroatoms. The quantitative estimate of drug-likeness (QED) is 0.864. The van der Waals surface area contributed by atoms with Gasteiger partial charge in [-0.1, -0.05) is 20.8 Å². The normalized spacial score (nSPS) is 18.1. The molecule has 3 rings (SSSR count). The summed E-state index contributed by atoms with van der Waals surface area (Å²) in [5, 5.41) is 17.5. The number of benzene rings is 1. The number of amides is 1. The van der Waals surface area contributed by atoms with Gasteiger partial charge in [0.1, 0.15) is 6.04 Å². The maximum atomic E-state index is 13.8. The molecule has 1 unspecified atom stereocenters. The van der Waals surface area contributed by atoms with Gasteiger partial charge in [0.05, 0.1) is 11.8 Å². The molecule has 0 fully saturated rings. The highest BCUT2D eigenvalue weighted by Crippen LogP contribution is 2.38. The van der Waals surface area contributed by atoms with E-state index < -0.39 is 29.2 Å². The smallest absolute Gasteiger partial charge is 0.245 e. The second kappa shape index (κ2) is 7.03. The summed E-state index contributed by atoms with van der Waals surface area (Å²) in [5.74, 6) is -2.05. The van der Waals surface area contributed by atoms with E-state index in [1.807, 2.05) is 20.8 Å². The number of nitrogens with zero attached hydrogens (tertiary/aromatic N) is 2. The van der Waals surface area contributed by atoms with E-state index in [1.54, 1.807) is 11.7 Å². The van der Waals surface area contributed by atoms with Gasteiger partial charge in [-0.2, -0.15) is 5.10 Å². The Morgan fingerprint density at radius 3 is 2.63 bits per heavy atom. The largest absolute Gasteiger partial charge is 0.393 e. The molecule has 27 heavy (non-hydrogen) atoms. The second-order valence-electron chi connectivity index (χ2n) is 8.13. The van der Waals surface area contributed by atoms with Gasteiger partial charge in [0.15, 0.2) is 11.6 Å². The van der Waals surface area contributed by atoms with Gasteiger partial charge < -0.3 is 10.4 Å². The number of aliphatic hydroxyl groups is 1. The van der Waals surface area contributed by atoms with Crippen LogP contribution >= 0.6 is 0 Å². The minimum Gasteiger partial charge on any atom is -0.393 e. The zero-order valence-corrected chi connectivity index (χ0v) is 16.0. The van der Waals surface area contributed by atoms with E-state index in [4.69, 9.17) is 0 Å². The van der Waals surface area contributed by atoms with Crippen LogP contribution in [0, 0.1) is 17.0 Å². The van der Waals surface area contributed by atoms with Crippen LogP contribution in [0.1, 0.15) is 44.5 Å². The molecule has 1 aromatic carbocycles. The Morgan fingerprint density at radius 1 is 1.33 bits per heavy atom. The van der Waals surface area contributed by atoms with Crippen molar-refractivity contribution in [2.75, 3.05) is 7.05 Å². The molecule has 146 valence electrons. The Morgan fingerprint density at radius 2 is 2.04 bits per heavy atom. The van der Waals surface area contributed by atoms with Crippen molar-refractivity contribution < 1.29 is 18.7 Å². The standard InChI is InChI=1S/C20H25F2N3O2/c1-20(2,3)18(19(27)23-4)25-16-8-6-12(26)10-13(16)17(24-25)11-5-7-14(21)15(22)9-11/h5,7,9,12,18,26H,6,8,10H2,1-4H3,(H,23,27)/t12-,18?/m0/s1. The molecular weight excluding hydrogens is 352 g/mol. The fourth-order valence-electron chi connectivity index (χ4n) is 3.72. The van der Waals surface area contributed by atoms with E-state index in [0.717, 1.165) is 23.4 Å². The molecule has 0 spiro atoms. The Hall–Kier alpha value is -2.28. The molecule has 0 radical (unpaired) electrons. The average molecular weight is 377 g/mol. The fourth-order valence-corrected chi connectivity index (χ4v) is 3.72. The van der Waals surface area contributed by atoms with Gasteiger partial charge in [0.2, 0.25) is 5.91 Å². The van der Waals surface area contributed by atoms with Crippen LogP contribution in [0.3, 0.4) is 0 Å². The maximum Gasteiger partial charge on any atom is 0.245 e. The van der Waals surface area contributed by atoms with E-state index in [2.05, 4.69) is 10.4 Å². The van der Waals surface area contributed by atoms with Crippen molar-refractivity contribution in [2.45, 2.75) is 52.2 Å². The van der Waals surface area contributed by atoms with Gasteiger partial charge >= 0.3 is 0 Å². The molecule has 1 amide bonds. The van der Waals surface area contributed by atoms with Gasteiger partial charge in [-0.3, -0.25) is 9.48 Å². The fraction of sp³-hybridized carbons (Fsp3) is 0.500. The van der Waals surface area contributed by atoms with Gasteiger partial charge in [-0.05, 0) is 36.5 Å². The van der Waals surface area contributed by atoms with Crippen LogP contribution in [0.5, 0.6) is 0 Å². The van der Waals surface area contributed by atoms with Gasteiger partial charge in [-0.15, -0.1) is 0 Å². The molecule has 0 saturated heterocycles. The van der Waals surface area contributed by atoms with E-state index in [0.29, 0.717) is 30.5 Å². The molecule has 2 aromatic rings. The van der Waals surface area contributed by atoms with Crippen LogP contribution in [0.15, 0.2) is 18.2 Å². The Kier molecular flexibility index (Phi) is 5.08. The third-order valence-corrected chi connectivity index (χ3v) is 5.03. The Balaban J connectivity index is 2.21. The molecule has 1 aliphatic carbocycles. The topological polar surface area (TPSA) is 67.2 Å². The van der Waals surface area contributed by atoms with Crippen molar-refractivity contribution in [3.05, 3.63) is 41.1 Å². The molecule has 0 saturated carbocycles. The molecule has 1 aliphatic rings. The number of hydrogen-bond donors (Lipinski definition) is 2. The van der Waals surface area contributed by atoms with Gasteiger partial charge in [-0.25, -0.2) is 8.78 Å². The third kappa shape index (κ3) is 3.60. The number of aromatic nitrogens is 2. The molecular formula is C20H25F2N3O2. The second-order valence-corrected chi connectivity index (χ2v) is 8.13. The van der Waals surface area contributed by atoms with Crippen LogP contribution in [0.4, 0.5) is 8.78 Å². The lowest BCUT2D eigenvalue weighted by Crippen LogP contribution is -2.39. The summed E-state index contributed by atoms with van der Waals surface area (Å²) < 4.78 is 28.9. The number of nitrogens with one attached hydrogen (secondary N) is 1. The first-order valence-electron chi connectivity index (χ1n) is 9.08. The van der Waals surface area contributed by atoms with Crippen LogP contribution in [-0.4, -0.2) is 33.9 Å². The molecule has 1 heterocycles. The summed E-state index contributed by atoms with van der Waals surface area (Å²) in [6.45, 7) is 5.86. The first-order chi connectivity index (χ1) is 12.6. The van der Waals surface area contributed by atoms with Crippen molar-refractivity contribution in [1.82, 2.24) is 15.1 Å². The van der Waals surface area contributed by atoms with Crippen LogP contribution in [-0.2, 0) is 17.6 Å². The highest BCUT2D eigenvalue weighted by atomic mass is 19.2. The average Bonchev–Trinajstić information content (AvgIpc) is 2.94. The third-order valence-electron chi connectivity index (χ3n) is 5.03. The molecule has 0 bridgehead atoms. The zero-order chi connectivity index (χ0) is 19.9. The molecule has 2 atom stereocenters. The Labute approximate surface area is 157 Å². The van der Waals surface area contributed by atoms with Crippen LogP contribution in [0.2, 0.25) is 0 Å². The number of hydrogen-bond acceptors (Lipinski definition) is 3. The summed E-state index contributed by atoms with van der Waals surface area (Å²) in [4.78, 5) is 12.6. The highest BCUT2D eigenvalue weighted by Gasteiger charge is 2.37. The summed E-state index contributed by atoms with van der Waals surface area (Å²) >= 11 is 0. The number of halogens is 2. The van der Waals surface area contributed by atoms with Gasteiger partial charge in [0.25, 0.3) is 0 Å². The van der Waals surface area contributed by atoms with Crippen molar-refractivity contribution in [3.8, 4) is 11.3 Å². The first kappa shape index (κ1) is 19.5.